The number of nitrogens with one attached hydrogen (secondary N) is 1. The highest BCUT2D eigenvalue weighted by Crippen LogP contribution is 2.32. The maximum atomic E-state index is 14.0. The lowest BCUT2D eigenvalue weighted by Gasteiger charge is -2.34. The number of amides is 1. The first-order valence-electron chi connectivity index (χ1n) is 14.8. The van der Waals surface area contributed by atoms with Crippen molar-refractivity contribution in [2.24, 2.45) is 0 Å². The van der Waals surface area contributed by atoms with Gasteiger partial charge >= 0.3 is 18.0 Å². The number of piperazine rings is 1. The van der Waals surface area contributed by atoms with Crippen LogP contribution in [0, 0.1) is 0 Å². The van der Waals surface area contributed by atoms with Crippen molar-refractivity contribution < 1.29 is 35.9 Å². The standard InChI is InChI=1S/C28H35F6N9O4Si/c1-18(39-21-14-38-43(17-47-9-10-48(2,3)4)24(45)22(21)28(32,33)34)15-42-16-19(11-37-26(42)46)23(44)40-5-7-41(8-6-40)25-35-12-20(13-36-25)27(29,30)31/h11-14,16,18,39H,5-10,15,17H2,1-4H3. The minimum atomic E-state index is -5.02. The summed E-state index contributed by atoms with van der Waals surface area (Å²) >= 11 is 0. The van der Waals surface area contributed by atoms with Gasteiger partial charge in [0, 0.05) is 78.2 Å². The van der Waals surface area contributed by atoms with Crippen LogP contribution < -0.4 is 21.5 Å². The van der Waals surface area contributed by atoms with E-state index in [4.69, 9.17) is 4.74 Å². The van der Waals surface area contributed by atoms with Gasteiger partial charge in [0.2, 0.25) is 5.95 Å². The third kappa shape index (κ3) is 9.39. The molecule has 3 aromatic heterocycles. The van der Waals surface area contributed by atoms with Crippen molar-refractivity contribution in [2.45, 2.75) is 64.3 Å². The molecule has 4 rings (SSSR count). The maximum absolute atomic E-state index is 14.0. The molecule has 0 saturated carbocycles. The van der Waals surface area contributed by atoms with Gasteiger partial charge in [0.25, 0.3) is 11.5 Å². The normalized spacial score (nSPS) is 15.0. The summed E-state index contributed by atoms with van der Waals surface area (Å²) in [7, 11) is -1.46. The molecule has 1 unspecified atom stereocenters. The van der Waals surface area contributed by atoms with E-state index in [1.165, 1.54) is 18.0 Å². The van der Waals surface area contributed by atoms with Crippen LogP contribution in [0.2, 0.25) is 25.7 Å². The molecule has 1 amide bonds. The predicted molar refractivity (Wildman–Crippen MR) is 164 cm³/mol. The van der Waals surface area contributed by atoms with Gasteiger partial charge in [0.05, 0.1) is 23.0 Å². The first-order chi connectivity index (χ1) is 22.3. The average Bonchev–Trinajstić information content (AvgIpc) is 2.99. The monoisotopic (exact) mass is 703 g/mol. The Bertz CT molecular complexity index is 1700. The number of carbonyl (C=O) groups is 1. The van der Waals surface area contributed by atoms with Gasteiger partial charge in [0.15, 0.2) is 0 Å². The first-order valence-corrected chi connectivity index (χ1v) is 18.6. The fraction of sp³-hybridized carbons (Fsp3) is 0.536. The van der Waals surface area contributed by atoms with Crippen molar-refractivity contribution in [2.75, 3.05) is 43.0 Å². The molecule has 262 valence electrons. The Morgan fingerprint density at radius 2 is 1.60 bits per heavy atom. The molecule has 0 aliphatic carbocycles. The van der Waals surface area contributed by atoms with Crippen LogP contribution in [0.1, 0.15) is 28.4 Å². The molecule has 0 radical (unpaired) electrons. The highest BCUT2D eigenvalue weighted by atomic mass is 28.3. The van der Waals surface area contributed by atoms with Gasteiger partial charge in [-0.2, -0.15) is 31.4 Å². The van der Waals surface area contributed by atoms with E-state index in [0.717, 1.165) is 23.0 Å². The SMILES string of the molecule is CC(Cn1cc(C(=O)N2CCN(c3ncc(C(F)(F)F)cn3)CC2)cnc1=O)Nc1cnn(COCC[Si](C)(C)C)c(=O)c1C(F)(F)F. The summed E-state index contributed by atoms with van der Waals surface area (Å²) in [5, 5.41) is 6.43. The molecular weight excluding hydrogens is 668 g/mol. The Kier molecular flexibility index (Phi) is 11.0. The molecule has 1 atom stereocenters. The van der Waals surface area contributed by atoms with Gasteiger partial charge in [-0.1, -0.05) is 19.6 Å². The van der Waals surface area contributed by atoms with E-state index < -0.39 is 67.2 Å². The number of ether oxygens (including phenoxy) is 1. The smallest absolute Gasteiger partial charge is 0.379 e. The van der Waals surface area contributed by atoms with E-state index in [2.05, 4.69) is 45.0 Å². The third-order valence-corrected chi connectivity index (χ3v) is 9.03. The third-order valence-electron chi connectivity index (χ3n) is 7.33. The lowest BCUT2D eigenvalue weighted by atomic mass is 10.2. The molecule has 0 spiro atoms. The number of alkyl halides is 6. The lowest BCUT2D eigenvalue weighted by molar-refractivity contribution is -0.139. The van der Waals surface area contributed by atoms with Crippen LogP contribution in [0.4, 0.5) is 38.0 Å². The number of halogens is 6. The molecular formula is C28H35F6N9O4Si. The fourth-order valence-electron chi connectivity index (χ4n) is 4.72. The molecule has 1 aliphatic rings. The molecule has 13 nitrogen and oxygen atoms in total. The molecule has 0 bridgehead atoms. The van der Waals surface area contributed by atoms with E-state index in [0.29, 0.717) is 17.1 Å². The number of hydrogen-bond donors (Lipinski definition) is 1. The van der Waals surface area contributed by atoms with Gasteiger partial charge in [-0.3, -0.25) is 14.2 Å². The van der Waals surface area contributed by atoms with E-state index in [-0.39, 0.29) is 50.8 Å². The van der Waals surface area contributed by atoms with Crippen LogP contribution in [-0.2, 0) is 30.4 Å². The summed E-state index contributed by atoms with van der Waals surface area (Å²) in [6.45, 7) is 8.22. The van der Waals surface area contributed by atoms with Crippen molar-refractivity contribution in [1.29, 1.82) is 0 Å². The molecule has 1 saturated heterocycles. The number of hydrogen-bond acceptors (Lipinski definition) is 10. The second-order valence-electron chi connectivity index (χ2n) is 12.5. The van der Waals surface area contributed by atoms with Crippen LogP contribution in [0.15, 0.2) is 40.6 Å². The predicted octanol–water partition coefficient (Wildman–Crippen LogP) is 3.40. The quantitative estimate of drug-likeness (QED) is 0.180. The van der Waals surface area contributed by atoms with E-state index in [9.17, 15) is 40.7 Å². The summed E-state index contributed by atoms with van der Waals surface area (Å²) in [6, 6.07) is -0.0995. The Morgan fingerprint density at radius 3 is 2.19 bits per heavy atom. The molecule has 4 heterocycles. The molecule has 48 heavy (non-hydrogen) atoms. The van der Waals surface area contributed by atoms with E-state index >= 15 is 0 Å². The molecule has 1 fully saturated rings. The van der Waals surface area contributed by atoms with E-state index in [1.54, 1.807) is 4.90 Å². The molecule has 0 aromatic carbocycles. The second-order valence-corrected chi connectivity index (χ2v) is 18.1. The van der Waals surface area contributed by atoms with Gasteiger partial charge in [-0.15, -0.1) is 0 Å². The Morgan fingerprint density at radius 1 is 0.958 bits per heavy atom. The summed E-state index contributed by atoms with van der Waals surface area (Å²) < 4.78 is 87.5. The first kappa shape index (κ1) is 36.5. The van der Waals surface area contributed by atoms with Crippen molar-refractivity contribution in [3.63, 3.8) is 0 Å². The van der Waals surface area contributed by atoms with Crippen molar-refractivity contribution in [1.82, 2.24) is 34.2 Å². The highest BCUT2D eigenvalue weighted by molar-refractivity contribution is 6.76. The summed E-state index contributed by atoms with van der Waals surface area (Å²) in [5.41, 5.74) is -5.13. The van der Waals surface area contributed by atoms with Crippen LogP contribution >= 0.6 is 0 Å². The summed E-state index contributed by atoms with van der Waals surface area (Å²) in [6.07, 6.45) is -5.02. The average molecular weight is 704 g/mol. The van der Waals surface area contributed by atoms with Gasteiger partial charge in [0.1, 0.15) is 12.3 Å². The highest BCUT2D eigenvalue weighted by Gasteiger charge is 2.39. The van der Waals surface area contributed by atoms with Gasteiger partial charge in [-0.05, 0) is 13.0 Å². The summed E-state index contributed by atoms with van der Waals surface area (Å²) in [5.74, 6) is -0.400. The zero-order valence-corrected chi connectivity index (χ0v) is 27.6. The number of aromatic nitrogens is 6. The Hall–Kier alpha value is -4.33. The van der Waals surface area contributed by atoms with Crippen molar-refractivity contribution in [3.8, 4) is 0 Å². The van der Waals surface area contributed by atoms with E-state index in [1.807, 2.05) is 0 Å². The van der Waals surface area contributed by atoms with Crippen LogP contribution in [-0.4, -0.2) is 87.0 Å². The minimum absolute atomic E-state index is 0.0374. The number of carbonyl (C=O) groups excluding carboxylic acids is 1. The Labute approximate surface area is 271 Å². The number of anilines is 2. The topological polar surface area (TPSA) is 140 Å². The van der Waals surface area contributed by atoms with Gasteiger partial charge < -0.3 is 19.9 Å². The van der Waals surface area contributed by atoms with Crippen molar-refractivity contribution in [3.05, 3.63) is 68.5 Å². The molecule has 1 N–H and O–H groups in total. The fourth-order valence-corrected chi connectivity index (χ4v) is 5.48. The van der Waals surface area contributed by atoms with Crippen LogP contribution in [0.25, 0.3) is 0 Å². The molecule has 20 heteroatoms. The second kappa shape index (κ2) is 14.4. The zero-order valence-electron chi connectivity index (χ0n) is 26.6. The zero-order chi connectivity index (χ0) is 35.4. The maximum Gasteiger partial charge on any atom is 0.423 e. The van der Waals surface area contributed by atoms with Crippen LogP contribution in [0.3, 0.4) is 0 Å². The minimum Gasteiger partial charge on any atom is -0.379 e. The lowest BCUT2D eigenvalue weighted by Crippen LogP contribution is -2.49. The molecule has 1 aliphatic heterocycles. The van der Waals surface area contributed by atoms with Crippen LogP contribution in [0.5, 0.6) is 0 Å². The largest absolute Gasteiger partial charge is 0.423 e. The van der Waals surface area contributed by atoms with Gasteiger partial charge in [-0.25, -0.2) is 24.4 Å². The summed E-state index contributed by atoms with van der Waals surface area (Å²) in [4.78, 5) is 52.8. The van der Waals surface area contributed by atoms with Crippen molar-refractivity contribution >= 4 is 25.6 Å². The number of rotatable bonds is 11. The Balaban J connectivity index is 1.41. The number of nitrogens with zero attached hydrogens (tertiary/aromatic N) is 8. The molecule has 3 aromatic rings.